The highest BCUT2D eigenvalue weighted by atomic mass is 32.2. The summed E-state index contributed by atoms with van der Waals surface area (Å²) in [5.41, 5.74) is -0.202. The lowest BCUT2D eigenvalue weighted by Crippen LogP contribution is -2.22. The Bertz CT molecular complexity index is 273. The lowest BCUT2D eigenvalue weighted by atomic mass is 9.96. The number of aliphatic hydroxyl groups is 1. The van der Waals surface area contributed by atoms with E-state index in [9.17, 15) is 8.78 Å². The van der Waals surface area contributed by atoms with Crippen LogP contribution in [0.4, 0.5) is 8.78 Å². The van der Waals surface area contributed by atoms with Crippen LogP contribution in [-0.2, 0) is 0 Å². The number of thioether (sulfide) groups is 1. The van der Waals surface area contributed by atoms with E-state index in [-0.39, 0.29) is 12.0 Å². The maximum atomic E-state index is 13.2. The molecular formula is C9H12F2OS. The van der Waals surface area contributed by atoms with E-state index in [4.69, 9.17) is 5.11 Å². The predicted octanol–water partition coefficient (Wildman–Crippen LogP) is 2.58. The van der Waals surface area contributed by atoms with Gasteiger partial charge in [-0.05, 0) is 19.3 Å². The van der Waals surface area contributed by atoms with Crippen molar-refractivity contribution >= 4 is 11.8 Å². The van der Waals surface area contributed by atoms with Crippen molar-refractivity contribution in [3.8, 4) is 0 Å². The average molecular weight is 206 g/mol. The highest BCUT2D eigenvalue weighted by Crippen LogP contribution is 2.39. The van der Waals surface area contributed by atoms with Crippen molar-refractivity contribution in [2.75, 3.05) is 12.9 Å². The normalized spacial score (nSPS) is 29.2. The van der Waals surface area contributed by atoms with Crippen LogP contribution >= 0.6 is 11.8 Å². The third-order valence-corrected chi connectivity index (χ3v) is 3.37. The molecule has 0 saturated heterocycles. The van der Waals surface area contributed by atoms with Crippen LogP contribution < -0.4 is 0 Å². The van der Waals surface area contributed by atoms with Gasteiger partial charge in [-0.25, -0.2) is 8.78 Å². The van der Waals surface area contributed by atoms with Gasteiger partial charge >= 0.3 is 0 Å². The summed E-state index contributed by atoms with van der Waals surface area (Å²) in [7, 11) is 0. The van der Waals surface area contributed by atoms with Gasteiger partial charge in [0.15, 0.2) is 0 Å². The predicted molar refractivity (Wildman–Crippen MR) is 50.9 cm³/mol. The minimum Gasteiger partial charge on any atom is -0.391 e. The van der Waals surface area contributed by atoms with Gasteiger partial charge in [0.05, 0.1) is 6.61 Å². The van der Waals surface area contributed by atoms with Crippen LogP contribution in [0, 0.1) is 0 Å². The summed E-state index contributed by atoms with van der Waals surface area (Å²) < 4.78 is 25.9. The lowest BCUT2D eigenvalue weighted by molar-refractivity contribution is 0.318. The summed E-state index contributed by atoms with van der Waals surface area (Å²) in [5, 5.41) is 8.69. The Hall–Kier alpha value is -0.350. The van der Waals surface area contributed by atoms with E-state index in [2.05, 4.69) is 0 Å². The molecule has 0 aromatic rings. The first-order chi connectivity index (χ1) is 6.02. The molecule has 0 heterocycles. The van der Waals surface area contributed by atoms with Crippen LogP contribution in [0.2, 0.25) is 0 Å². The molecule has 1 nitrogen and oxygen atoms in total. The third kappa shape index (κ3) is 2.11. The zero-order valence-corrected chi connectivity index (χ0v) is 8.42. The molecule has 4 heteroatoms. The van der Waals surface area contributed by atoms with Crippen molar-refractivity contribution in [2.45, 2.75) is 18.1 Å². The summed E-state index contributed by atoms with van der Waals surface area (Å²) >= 11 is 1.40. The van der Waals surface area contributed by atoms with Gasteiger partial charge in [0.25, 0.3) is 0 Å². The maximum Gasteiger partial charge on any atom is 0.128 e. The van der Waals surface area contributed by atoms with Gasteiger partial charge in [0.2, 0.25) is 0 Å². The first-order valence-corrected chi connectivity index (χ1v) is 5.17. The highest BCUT2D eigenvalue weighted by molar-refractivity contribution is 8.00. The molecule has 0 spiro atoms. The number of hydrogen-bond acceptors (Lipinski definition) is 2. The number of halogens is 2. The monoisotopic (exact) mass is 206 g/mol. The molecule has 1 aliphatic carbocycles. The standard InChI is InChI=1S/C9H12F2OS/c1-9(13-2)3-7(10)6(5-12)8(11)4-9/h3,12H,4-5H2,1-2H3. The molecular weight excluding hydrogens is 194 g/mol. The van der Waals surface area contributed by atoms with Crippen LogP contribution in [0.25, 0.3) is 0 Å². The van der Waals surface area contributed by atoms with E-state index >= 15 is 0 Å². The molecule has 1 aliphatic rings. The lowest BCUT2D eigenvalue weighted by Gasteiger charge is -2.27. The third-order valence-electron chi connectivity index (χ3n) is 2.18. The van der Waals surface area contributed by atoms with E-state index in [1.165, 1.54) is 17.8 Å². The topological polar surface area (TPSA) is 20.2 Å². The second-order valence-corrected chi connectivity index (χ2v) is 4.57. The van der Waals surface area contributed by atoms with Crippen molar-refractivity contribution in [3.05, 3.63) is 23.3 Å². The Morgan fingerprint density at radius 2 is 2.23 bits per heavy atom. The molecule has 0 aliphatic heterocycles. The van der Waals surface area contributed by atoms with Crippen LogP contribution in [0.15, 0.2) is 23.3 Å². The van der Waals surface area contributed by atoms with E-state index in [1.54, 1.807) is 13.2 Å². The van der Waals surface area contributed by atoms with Gasteiger partial charge in [-0.3, -0.25) is 0 Å². The maximum absolute atomic E-state index is 13.2. The Labute approximate surface area is 80.5 Å². The van der Waals surface area contributed by atoms with Gasteiger partial charge < -0.3 is 5.11 Å². The minimum atomic E-state index is -0.636. The molecule has 13 heavy (non-hydrogen) atoms. The summed E-state index contributed by atoms with van der Waals surface area (Å²) in [6.07, 6.45) is 3.32. The van der Waals surface area contributed by atoms with Crippen molar-refractivity contribution in [3.63, 3.8) is 0 Å². The van der Waals surface area contributed by atoms with E-state index in [0.717, 1.165) is 0 Å². The molecule has 0 fully saturated rings. The zero-order chi connectivity index (χ0) is 10.1. The molecule has 0 radical (unpaired) electrons. The summed E-state index contributed by atoms with van der Waals surface area (Å²) in [6, 6.07) is 0. The van der Waals surface area contributed by atoms with Crippen molar-refractivity contribution < 1.29 is 13.9 Å². The quantitative estimate of drug-likeness (QED) is 0.749. The second-order valence-electron chi connectivity index (χ2n) is 3.23. The molecule has 74 valence electrons. The summed E-state index contributed by atoms with van der Waals surface area (Å²) in [4.78, 5) is 0. The Balaban J connectivity index is 2.99. The van der Waals surface area contributed by atoms with E-state index in [1.807, 2.05) is 0 Å². The SMILES string of the molecule is CSC1(C)C=C(F)C(CO)=C(F)C1. The van der Waals surface area contributed by atoms with Crippen LogP contribution in [0.5, 0.6) is 0 Å². The van der Waals surface area contributed by atoms with Gasteiger partial charge in [-0.1, -0.05) is 0 Å². The molecule has 1 atom stereocenters. The molecule has 0 amide bonds. The van der Waals surface area contributed by atoms with E-state index in [0.29, 0.717) is 0 Å². The van der Waals surface area contributed by atoms with Crippen molar-refractivity contribution in [1.82, 2.24) is 0 Å². The Morgan fingerprint density at radius 3 is 2.62 bits per heavy atom. The molecule has 1 unspecified atom stereocenters. The Morgan fingerprint density at radius 1 is 1.62 bits per heavy atom. The summed E-state index contributed by atoms with van der Waals surface area (Å²) in [5.74, 6) is -1.18. The minimum absolute atomic E-state index is 0.150. The van der Waals surface area contributed by atoms with Crippen LogP contribution in [-0.4, -0.2) is 22.7 Å². The second kappa shape index (κ2) is 3.80. The number of rotatable bonds is 2. The fourth-order valence-electron chi connectivity index (χ4n) is 1.24. The van der Waals surface area contributed by atoms with Crippen LogP contribution in [0.1, 0.15) is 13.3 Å². The molecule has 0 bridgehead atoms. The fourth-order valence-corrected chi connectivity index (χ4v) is 1.74. The molecule has 1 N–H and O–H groups in total. The Kier molecular flexibility index (Phi) is 3.14. The first-order valence-electron chi connectivity index (χ1n) is 3.94. The van der Waals surface area contributed by atoms with Gasteiger partial charge in [-0.2, -0.15) is 11.8 Å². The van der Waals surface area contributed by atoms with Gasteiger partial charge in [0, 0.05) is 16.7 Å². The zero-order valence-electron chi connectivity index (χ0n) is 7.60. The first kappa shape index (κ1) is 10.7. The number of hydrogen-bond donors (Lipinski definition) is 1. The fraction of sp³-hybridized carbons (Fsp3) is 0.556. The average Bonchev–Trinajstić information content (AvgIpc) is 2.03. The number of aliphatic hydroxyl groups excluding tert-OH is 1. The molecule has 1 rings (SSSR count). The van der Waals surface area contributed by atoms with Crippen molar-refractivity contribution in [2.24, 2.45) is 0 Å². The summed E-state index contributed by atoms with van der Waals surface area (Å²) in [6.45, 7) is 1.20. The molecule has 0 aromatic carbocycles. The van der Waals surface area contributed by atoms with Crippen molar-refractivity contribution in [1.29, 1.82) is 0 Å². The van der Waals surface area contributed by atoms with Gasteiger partial charge in [0.1, 0.15) is 11.7 Å². The highest BCUT2D eigenvalue weighted by Gasteiger charge is 2.30. The van der Waals surface area contributed by atoms with Gasteiger partial charge in [-0.15, -0.1) is 0 Å². The molecule has 0 saturated carbocycles. The number of allylic oxidation sites excluding steroid dienone is 1. The largest absolute Gasteiger partial charge is 0.391 e. The van der Waals surface area contributed by atoms with Crippen LogP contribution in [0.3, 0.4) is 0 Å². The smallest absolute Gasteiger partial charge is 0.128 e. The van der Waals surface area contributed by atoms with E-state index < -0.39 is 23.0 Å². The molecule has 0 aromatic heterocycles.